The number of anilines is 3. The van der Waals surface area contributed by atoms with Gasteiger partial charge in [0.1, 0.15) is 5.82 Å². The Morgan fingerprint density at radius 2 is 1.79 bits per heavy atom. The second-order valence-corrected chi connectivity index (χ2v) is 6.33. The molecule has 3 rings (SSSR count). The van der Waals surface area contributed by atoms with Crippen LogP contribution in [0.5, 0.6) is 0 Å². The zero-order valence-corrected chi connectivity index (χ0v) is 14.9. The molecule has 0 amide bonds. The summed E-state index contributed by atoms with van der Waals surface area (Å²) in [6.07, 6.45) is 6.20. The average Bonchev–Trinajstić information content (AvgIpc) is 2.58. The molecule has 0 aliphatic carbocycles. The third-order valence-corrected chi connectivity index (χ3v) is 4.24. The number of nitrogens with one attached hydrogen (secondary N) is 1. The smallest absolute Gasteiger partial charge is 0.232 e. The van der Waals surface area contributed by atoms with Crippen molar-refractivity contribution in [2.24, 2.45) is 0 Å². The maximum absolute atomic E-state index is 4.66. The highest BCUT2D eigenvalue weighted by atomic mass is 15.3. The van der Waals surface area contributed by atoms with Gasteiger partial charge in [0.15, 0.2) is 0 Å². The quantitative estimate of drug-likeness (QED) is 0.866. The standard InChI is InChI=1S/C19H25N5/c1-5-16-20-18(22-17-14(3)11-13(2)12-15(17)4)23-19(21-16)24-9-7-6-8-10-24/h6-7,11-12H,5,8-10H2,1-4H3,(H,20,21,22,23). The molecule has 1 aromatic heterocycles. The molecule has 1 aromatic carbocycles. The molecule has 5 nitrogen and oxygen atoms in total. The number of nitrogens with zero attached hydrogens (tertiary/aromatic N) is 4. The summed E-state index contributed by atoms with van der Waals surface area (Å²) in [5.41, 5.74) is 4.75. The lowest BCUT2D eigenvalue weighted by atomic mass is 10.1. The van der Waals surface area contributed by atoms with Gasteiger partial charge in [-0.3, -0.25) is 0 Å². The van der Waals surface area contributed by atoms with Crippen LogP contribution in [-0.4, -0.2) is 28.0 Å². The highest BCUT2D eigenvalue weighted by Crippen LogP contribution is 2.25. The van der Waals surface area contributed by atoms with Gasteiger partial charge >= 0.3 is 0 Å². The molecule has 1 aliphatic heterocycles. The summed E-state index contributed by atoms with van der Waals surface area (Å²) < 4.78 is 0. The average molecular weight is 323 g/mol. The molecule has 0 unspecified atom stereocenters. The Balaban J connectivity index is 1.94. The van der Waals surface area contributed by atoms with E-state index in [1.165, 1.54) is 16.7 Å². The molecule has 24 heavy (non-hydrogen) atoms. The lowest BCUT2D eigenvalue weighted by Crippen LogP contribution is -2.29. The highest BCUT2D eigenvalue weighted by Gasteiger charge is 2.14. The summed E-state index contributed by atoms with van der Waals surface area (Å²) in [6, 6.07) is 4.35. The van der Waals surface area contributed by atoms with Crippen LogP contribution in [0.15, 0.2) is 24.3 Å². The topological polar surface area (TPSA) is 53.9 Å². The predicted octanol–water partition coefficient (Wildman–Crippen LogP) is 3.87. The molecule has 0 saturated heterocycles. The van der Waals surface area contributed by atoms with Crippen LogP contribution in [-0.2, 0) is 6.42 Å². The fourth-order valence-electron chi connectivity index (χ4n) is 3.07. The maximum Gasteiger partial charge on any atom is 0.232 e. The first-order valence-corrected chi connectivity index (χ1v) is 8.56. The van der Waals surface area contributed by atoms with Gasteiger partial charge < -0.3 is 10.2 Å². The Morgan fingerprint density at radius 1 is 1.04 bits per heavy atom. The Morgan fingerprint density at radius 3 is 2.42 bits per heavy atom. The summed E-state index contributed by atoms with van der Waals surface area (Å²) in [5, 5.41) is 3.41. The second kappa shape index (κ2) is 6.99. The molecule has 1 N–H and O–H groups in total. The summed E-state index contributed by atoms with van der Waals surface area (Å²) in [6.45, 7) is 10.2. The normalized spacial score (nSPS) is 14.1. The van der Waals surface area contributed by atoms with Crippen molar-refractivity contribution in [1.82, 2.24) is 15.0 Å². The van der Waals surface area contributed by atoms with Crippen molar-refractivity contribution < 1.29 is 0 Å². The largest absolute Gasteiger partial charge is 0.337 e. The van der Waals surface area contributed by atoms with Gasteiger partial charge in [0.25, 0.3) is 0 Å². The van der Waals surface area contributed by atoms with Crippen molar-refractivity contribution in [3.05, 3.63) is 46.8 Å². The summed E-state index contributed by atoms with van der Waals surface area (Å²) in [5.74, 6) is 2.21. The van der Waals surface area contributed by atoms with Crippen LogP contribution >= 0.6 is 0 Å². The highest BCUT2D eigenvalue weighted by molar-refractivity contribution is 5.64. The summed E-state index contributed by atoms with van der Waals surface area (Å²) in [4.78, 5) is 16.0. The second-order valence-electron chi connectivity index (χ2n) is 6.33. The molecule has 1 aliphatic rings. The van der Waals surface area contributed by atoms with Crippen molar-refractivity contribution in [3.63, 3.8) is 0 Å². The minimum absolute atomic E-state index is 0.626. The van der Waals surface area contributed by atoms with Gasteiger partial charge in [-0.2, -0.15) is 15.0 Å². The molecule has 0 atom stereocenters. The molecule has 2 aromatic rings. The van der Waals surface area contributed by atoms with Crippen LogP contribution in [0.25, 0.3) is 0 Å². The van der Waals surface area contributed by atoms with Gasteiger partial charge in [-0.15, -0.1) is 0 Å². The van der Waals surface area contributed by atoms with Gasteiger partial charge in [0.05, 0.1) is 0 Å². The number of hydrogen-bond acceptors (Lipinski definition) is 5. The fourth-order valence-corrected chi connectivity index (χ4v) is 3.07. The van der Waals surface area contributed by atoms with Gasteiger partial charge in [-0.05, 0) is 38.3 Å². The van der Waals surface area contributed by atoms with Gasteiger partial charge in [0, 0.05) is 25.2 Å². The minimum atomic E-state index is 0.626. The van der Waals surface area contributed by atoms with E-state index in [0.717, 1.165) is 43.4 Å². The Bertz CT molecular complexity index is 743. The number of hydrogen-bond donors (Lipinski definition) is 1. The minimum Gasteiger partial charge on any atom is -0.337 e. The SMILES string of the molecule is CCc1nc(Nc2c(C)cc(C)cc2C)nc(N2CC=CCC2)n1. The van der Waals surface area contributed by atoms with Crippen LogP contribution in [0.1, 0.15) is 35.9 Å². The van der Waals surface area contributed by atoms with E-state index >= 15 is 0 Å². The lowest BCUT2D eigenvalue weighted by Gasteiger charge is -2.24. The monoisotopic (exact) mass is 323 g/mol. The number of aromatic nitrogens is 3. The lowest BCUT2D eigenvalue weighted by molar-refractivity contribution is 0.767. The number of benzene rings is 1. The molecule has 0 radical (unpaired) electrons. The predicted molar refractivity (Wildman–Crippen MR) is 99.1 cm³/mol. The van der Waals surface area contributed by atoms with Crippen LogP contribution in [0, 0.1) is 20.8 Å². The van der Waals surface area contributed by atoms with E-state index in [1.807, 2.05) is 0 Å². The Labute approximate surface area is 143 Å². The first-order valence-electron chi connectivity index (χ1n) is 8.56. The first-order chi connectivity index (χ1) is 11.6. The summed E-state index contributed by atoms with van der Waals surface area (Å²) >= 11 is 0. The van der Waals surface area contributed by atoms with E-state index < -0.39 is 0 Å². The maximum atomic E-state index is 4.66. The number of rotatable bonds is 4. The third kappa shape index (κ3) is 3.55. The first kappa shape index (κ1) is 16.4. The van der Waals surface area contributed by atoms with Gasteiger partial charge in [0.2, 0.25) is 11.9 Å². The molecule has 0 spiro atoms. The van der Waals surface area contributed by atoms with Gasteiger partial charge in [-0.1, -0.05) is 36.8 Å². The molecule has 0 bridgehead atoms. The van der Waals surface area contributed by atoms with Crippen molar-refractivity contribution in [1.29, 1.82) is 0 Å². The zero-order chi connectivity index (χ0) is 17.1. The zero-order valence-electron chi connectivity index (χ0n) is 14.9. The van der Waals surface area contributed by atoms with Crippen molar-refractivity contribution >= 4 is 17.6 Å². The van der Waals surface area contributed by atoms with Crippen LogP contribution < -0.4 is 10.2 Å². The Kier molecular flexibility index (Phi) is 4.79. The van der Waals surface area contributed by atoms with E-state index in [0.29, 0.717) is 5.95 Å². The Hall–Kier alpha value is -2.43. The molecule has 2 heterocycles. The summed E-state index contributed by atoms with van der Waals surface area (Å²) in [7, 11) is 0. The van der Waals surface area contributed by atoms with E-state index in [2.05, 4.69) is 77.1 Å². The molecular weight excluding hydrogens is 298 g/mol. The van der Waals surface area contributed by atoms with E-state index in [1.54, 1.807) is 0 Å². The molecule has 0 saturated carbocycles. The molecule has 0 fully saturated rings. The van der Waals surface area contributed by atoms with E-state index in [9.17, 15) is 0 Å². The fraction of sp³-hybridized carbons (Fsp3) is 0.421. The third-order valence-electron chi connectivity index (χ3n) is 4.24. The molecule has 126 valence electrons. The molecule has 5 heteroatoms. The van der Waals surface area contributed by atoms with Crippen LogP contribution in [0.4, 0.5) is 17.6 Å². The van der Waals surface area contributed by atoms with Crippen LogP contribution in [0.3, 0.4) is 0 Å². The molecular formula is C19H25N5. The van der Waals surface area contributed by atoms with Crippen molar-refractivity contribution in [3.8, 4) is 0 Å². The van der Waals surface area contributed by atoms with Crippen molar-refractivity contribution in [2.45, 2.75) is 40.5 Å². The van der Waals surface area contributed by atoms with E-state index in [4.69, 9.17) is 0 Å². The van der Waals surface area contributed by atoms with Crippen molar-refractivity contribution in [2.75, 3.05) is 23.3 Å². The van der Waals surface area contributed by atoms with E-state index in [-0.39, 0.29) is 0 Å². The van der Waals surface area contributed by atoms with Crippen LogP contribution in [0.2, 0.25) is 0 Å². The van der Waals surface area contributed by atoms with Gasteiger partial charge in [-0.25, -0.2) is 0 Å². The number of aryl methyl sites for hydroxylation is 4.